The van der Waals surface area contributed by atoms with E-state index in [9.17, 15) is 12.8 Å². The number of hydrogen-bond acceptors (Lipinski definition) is 3. The number of aliphatic hydroxyl groups excluding tert-OH is 1. The molecule has 0 radical (unpaired) electrons. The molecular weight excluding hydrogens is 293 g/mol. The van der Waals surface area contributed by atoms with Crippen LogP contribution in [0.25, 0.3) is 0 Å². The first-order valence-electron chi connectivity index (χ1n) is 5.92. The molecule has 1 N–H and O–H groups in total. The second-order valence-corrected chi connectivity index (χ2v) is 6.61. The van der Waals surface area contributed by atoms with Gasteiger partial charge in [0, 0.05) is 20.2 Å². The van der Waals surface area contributed by atoms with Gasteiger partial charge in [0.15, 0.2) is 0 Å². The largest absolute Gasteiger partial charge is 0.396 e. The fourth-order valence-corrected chi connectivity index (χ4v) is 3.31. The van der Waals surface area contributed by atoms with Crippen LogP contribution in [0.4, 0.5) is 4.39 Å². The van der Waals surface area contributed by atoms with Crippen LogP contribution in [0.3, 0.4) is 0 Å². The van der Waals surface area contributed by atoms with Gasteiger partial charge in [-0.15, -0.1) is 0 Å². The molecule has 0 aliphatic rings. The molecule has 4 nitrogen and oxygen atoms in total. The molecule has 0 fully saturated rings. The maximum Gasteiger partial charge on any atom is 0.244 e. The van der Waals surface area contributed by atoms with E-state index in [0.29, 0.717) is 19.4 Å². The molecule has 1 aromatic carbocycles. The summed E-state index contributed by atoms with van der Waals surface area (Å²) >= 11 is 5.76. The van der Waals surface area contributed by atoms with E-state index in [2.05, 4.69) is 0 Å². The number of aliphatic hydroxyl groups is 1. The Bertz CT molecular complexity index is 522. The Morgan fingerprint density at radius 2 is 2.00 bits per heavy atom. The molecule has 0 aliphatic heterocycles. The maximum absolute atomic E-state index is 12.9. The lowest BCUT2D eigenvalue weighted by Crippen LogP contribution is -2.28. The van der Waals surface area contributed by atoms with Crippen molar-refractivity contribution in [3.05, 3.63) is 29.0 Å². The average Bonchev–Trinajstić information content (AvgIpc) is 2.33. The van der Waals surface area contributed by atoms with Gasteiger partial charge in [-0.1, -0.05) is 11.6 Å². The molecule has 0 atom stereocenters. The van der Waals surface area contributed by atoms with Crippen LogP contribution in [0.15, 0.2) is 23.1 Å². The Morgan fingerprint density at radius 1 is 1.32 bits per heavy atom. The van der Waals surface area contributed by atoms with Gasteiger partial charge in [0.25, 0.3) is 0 Å². The van der Waals surface area contributed by atoms with Gasteiger partial charge in [0.05, 0.1) is 5.02 Å². The van der Waals surface area contributed by atoms with Crippen LogP contribution in [0.5, 0.6) is 0 Å². The number of unbranched alkanes of at least 4 members (excludes halogenated alkanes) is 2. The molecule has 1 rings (SSSR count). The molecule has 0 aromatic heterocycles. The topological polar surface area (TPSA) is 57.6 Å². The van der Waals surface area contributed by atoms with E-state index < -0.39 is 15.8 Å². The van der Waals surface area contributed by atoms with E-state index in [1.807, 2.05) is 0 Å². The van der Waals surface area contributed by atoms with Gasteiger partial charge < -0.3 is 5.11 Å². The minimum Gasteiger partial charge on any atom is -0.396 e. The third kappa shape index (κ3) is 4.42. The molecule has 7 heteroatoms. The summed E-state index contributed by atoms with van der Waals surface area (Å²) in [7, 11) is -2.25. The van der Waals surface area contributed by atoms with Gasteiger partial charge >= 0.3 is 0 Å². The zero-order chi connectivity index (χ0) is 14.5. The van der Waals surface area contributed by atoms with E-state index in [1.165, 1.54) is 11.4 Å². The Balaban J connectivity index is 2.79. The lowest BCUT2D eigenvalue weighted by atomic mass is 10.2. The Morgan fingerprint density at radius 3 is 2.58 bits per heavy atom. The number of nitrogens with zero attached hydrogens (tertiary/aromatic N) is 1. The minimum atomic E-state index is -3.70. The van der Waals surface area contributed by atoms with Crippen LogP contribution >= 0.6 is 11.6 Å². The lowest BCUT2D eigenvalue weighted by Gasteiger charge is -2.17. The second kappa shape index (κ2) is 7.19. The predicted octanol–water partition coefficient (Wildman–Crippen LogP) is 2.26. The molecular formula is C12H17ClFNO3S. The van der Waals surface area contributed by atoms with Crippen LogP contribution in [-0.4, -0.2) is 38.0 Å². The molecule has 19 heavy (non-hydrogen) atoms. The number of sulfonamides is 1. The first-order chi connectivity index (χ1) is 8.89. The van der Waals surface area contributed by atoms with Crippen molar-refractivity contribution in [2.45, 2.75) is 24.2 Å². The molecule has 0 spiro atoms. The first kappa shape index (κ1) is 16.4. The van der Waals surface area contributed by atoms with Crippen molar-refractivity contribution in [1.82, 2.24) is 4.31 Å². The third-order valence-corrected chi connectivity index (χ3v) is 5.05. The zero-order valence-electron chi connectivity index (χ0n) is 10.6. The highest BCUT2D eigenvalue weighted by atomic mass is 35.5. The van der Waals surface area contributed by atoms with Crippen molar-refractivity contribution in [1.29, 1.82) is 0 Å². The number of rotatable bonds is 7. The molecule has 108 valence electrons. The predicted molar refractivity (Wildman–Crippen MR) is 72.2 cm³/mol. The molecule has 1 aromatic rings. The molecule has 0 amide bonds. The van der Waals surface area contributed by atoms with Gasteiger partial charge in [-0.2, -0.15) is 0 Å². The summed E-state index contributed by atoms with van der Waals surface area (Å²) in [5.41, 5.74) is 0. The molecule has 0 saturated carbocycles. The van der Waals surface area contributed by atoms with Gasteiger partial charge in [0.2, 0.25) is 10.0 Å². The Labute approximate surface area is 117 Å². The SMILES string of the molecule is CN(CCCCCO)S(=O)(=O)c1ccc(F)cc1Cl. The normalized spacial score (nSPS) is 12.1. The molecule has 0 saturated heterocycles. The van der Waals surface area contributed by atoms with Gasteiger partial charge in [-0.25, -0.2) is 17.1 Å². The van der Waals surface area contributed by atoms with E-state index >= 15 is 0 Å². The van der Waals surface area contributed by atoms with Crippen molar-refractivity contribution in [3.63, 3.8) is 0 Å². The summed E-state index contributed by atoms with van der Waals surface area (Å²) in [6, 6.07) is 3.21. The van der Waals surface area contributed by atoms with Crippen LogP contribution in [0.1, 0.15) is 19.3 Å². The standard InChI is InChI=1S/C12H17ClFNO3S/c1-15(7-3-2-4-8-16)19(17,18)12-6-5-10(14)9-11(12)13/h5-6,9,16H,2-4,7-8H2,1H3. The van der Waals surface area contributed by atoms with Crippen molar-refractivity contribution >= 4 is 21.6 Å². The highest BCUT2D eigenvalue weighted by molar-refractivity contribution is 7.89. The number of benzene rings is 1. The summed E-state index contributed by atoms with van der Waals surface area (Å²) in [6.45, 7) is 0.427. The first-order valence-corrected chi connectivity index (χ1v) is 7.73. The Hall–Kier alpha value is -0.690. The summed E-state index contributed by atoms with van der Waals surface area (Å²) in [5.74, 6) is -0.574. The molecule has 0 heterocycles. The second-order valence-electron chi connectivity index (χ2n) is 4.19. The molecule has 0 bridgehead atoms. The molecule has 0 unspecified atom stereocenters. The van der Waals surface area contributed by atoms with E-state index in [0.717, 1.165) is 24.6 Å². The summed E-state index contributed by atoms with van der Waals surface area (Å²) < 4.78 is 38.5. The summed E-state index contributed by atoms with van der Waals surface area (Å²) in [4.78, 5) is -0.0970. The lowest BCUT2D eigenvalue weighted by molar-refractivity contribution is 0.281. The van der Waals surface area contributed by atoms with Crippen LogP contribution in [0, 0.1) is 5.82 Å². The highest BCUT2D eigenvalue weighted by Gasteiger charge is 2.23. The van der Waals surface area contributed by atoms with Crippen LogP contribution in [0.2, 0.25) is 5.02 Å². The van der Waals surface area contributed by atoms with Crippen molar-refractivity contribution in [2.75, 3.05) is 20.2 Å². The van der Waals surface area contributed by atoms with Crippen LogP contribution < -0.4 is 0 Å². The van der Waals surface area contributed by atoms with Crippen LogP contribution in [-0.2, 0) is 10.0 Å². The van der Waals surface area contributed by atoms with Gasteiger partial charge in [-0.3, -0.25) is 0 Å². The maximum atomic E-state index is 12.9. The van der Waals surface area contributed by atoms with E-state index in [-0.39, 0.29) is 16.5 Å². The monoisotopic (exact) mass is 309 g/mol. The molecule has 0 aliphatic carbocycles. The Kier molecular flexibility index (Phi) is 6.19. The fourth-order valence-electron chi connectivity index (χ4n) is 1.60. The smallest absolute Gasteiger partial charge is 0.244 e. The quantitative estimate of drug-likeness (QED) is 0.786. The minimum absolute atomic E-state index is 0.0970. The number of hydrogen-bond donors (Lipinski definition) is 1. The average molecular weight is 310 g/mol. The summed E-state index contributed by atoms with van der Waals surface area (Å²) in [5, 5.41) is 8.52. The van der Waals surface area contributed by atoms with E-state index in [4.69, 9.17) is 16.7 Å². The fraction of sp³-hybridized carbons (Fsp3) is 0.500. The van der Waals surface area contributed by atoms with Gasteiger partial charge in [-0.05, 0) is 37.5 Å². The van der Waals surface area contributed by atoms with Crippen molar-refractivity contribution in [2.24, 2.45) is 0 Å². The van der Waals surface area contributed by atoms with Crippen molar-refractivity contribution < 1.29 is 17.9 Å². The van der Waals surface area contributed by atoms with E-state index in [1.54, 1.807) is 0 Å². The van der Waals surface area contributed by atoms with Crippen molar-refractivity contribution in [3.8, 4) is 0 Å². The zero-order valence-corrected chi connectivity index (χ0v) is 12.2. The van der Waals surface area contributed by atoms with Gasteiger partial charge in [0.1, 0.15) is 10.7 Å². The highest BCUT2D eigenvalue weighted by Crippen LogP contribution is 2.24. The third-order valence-electron chi connectivity index (χ3n) is 2.71. The summed E-state index contributed by atoms with van der Waals surface area (Å²) in [6.07, 6.45) is 2.04. The number of halogens is 2.